The lowest BCUT2D eigenvalue weighted by Crippen LogP contribution is -2.38. The summed E-state index contributed by atoms with van der Waals surface area (Å²) in [6.45, 7) is 8.85. The third-order valence-electron chi connectivity index (χ3n) is 4.60. The van der Waals surface area contributed by atoms with Crippen LogP contribution in [-0.4, -0.2) is 44.7 Å². The van der Waals surface area contributed by atoms with Crippen molar-refractivity contribution >= 4 is 11.9 Å². The summed E-state index contributed by atoms with van der Waals surface area (Å²) < 4.78 is 5.66. The van der Waals surface area contributed by atoms with Crippen molar-refractivity contribution in [3.8, 4) is 0 Å². The highest BCUT2D eigenvalue weighted by molar-refractivity contribution is 5.94. The van der Waals surface area contributed by atoms with Gasteiger partial charge in [0, 0.05) is 38.4 Å². The van der Waals surface area contributed by atoms with Crippen molar-refractivity contribution in [3.63, 3.8) is 0 Å². The molecule has 1 aromatic carbocycles. The molecule has 6 nitrogen and oxygen atoms in total. The van der Waals surface area contributed by atoms with E-state index in [0.717, 1.165) is 69.6 Å². The summed E-state index contributed by atoms with van der Waals surface area (Å²) in [7, 11) is 0. The van der Waals surface area contributed by atoms with Crippen molar-refractivity contribution < 1.29 is 9.53 Å². The fourth-order valence-corrected chi connectivity index (χ4v) is 2.67. The number of hydrogen-bond donors (Lipinski definition) is 3. The Hall–Kier alpha value is -2.08. The lowest BCUT2D eigenvalue weighted by Gasteiger charge is -2.11. The Kier molecular flexibility index (Phi) is 10.4. The minimum absolute atomic E-state index is 0.0117. The molecule has 0 unspecified atom stereocenters. The highest BCUT2D eigenvalue weighted by Crippen LogP contribution is 2.28. The van der Waals surface area contributed by atoms with Gasteiger partial charge in [0.2, 0.25) is 0 Å². The number of nitrogens with zero attached hydrogens (tertiary/aromatic N) is 1. The molecule has 0 radical (unpaired) electrons. The monoisotopic (exact) mass is 388 g/mol. The zero-order valence-electron chi connectivity index (χ0n) is 17.4. The number of aliphatic imine (C=N–C) groups is 1. The average Bonchev–Trinajstić information content (AvgIpc) is 3.53. The predicted molar refractivity (Wildman–Crippen MR) is 115 cm³/mol. The molecule has 0 aromatic heterocycles. The van der Waals surface area contributed by atoms with Gasteiger partial charge in [0.15, 0.2) is 5.96 Å². The van der Waals surface area contributed by atoms with Gasteiger partial charge in [-0.2, -0.15) is 0 Å². The number of benzene rings is 1. The van der Waals surface area contributed by atoms with Crippen LogP contribution in [0.5, 0.6) is 0 Å². The number of rotatable bonds is 13. The van der Waals surface area contributed by atoms with E-state index in [1.807, 2.05) is 24.3 Å². The number of ether oxygens (including phenoxy) is 1. The molecule has 0 bridgehead atoms. The highest BCUT2D eigenvalue weighted by Gasteiger charge is 2.20. The van der Waals surface area contributed by atoms with Gasteiger partial charge in [-0.25, -0.2) is 4.99 Å². The fraction of sp³-hybridized carbons (Fsp3) is 0.636. The van der Waals surface area contributed by atoms with Crippen LogP contribution in [-0.2, 0) is 11.3 Å². The van der Waals surface area contributed by atoms with Crippen LogP contribution in [0.1, 0.15) is 61.9 Å². The first-order valence-corrected chi connectivity index (χ1v) is 10.7. The number of nitrogens with one attached hydrogen (secondary N) is 3. The second-order valence-electron chi connectivity index (χ2n) is 7.30. The van der Waals surface area contributed by atoms with Crippen LogP contribution in [0.3, 0.4) is 0 Å². The first-order valence-electron chi connectivity index (χ1n) is 10.7. The Morgan fingerprint density at radius 1 is 1.07 bits per heavy atom. The molecule has 1 aromatic rings. The second-order valence-corrected chi connectivity index (χ2v) is 7.30. The van der Waals surface area contributed by atoms with Gasteiger partial charge < -0.3 is 20.7 Å². The largest absolute Gasteiger partial charge is 0.381 e. The van der Waals surface area contributed by atoms with E-state index in [-0.39, 0.29) is 5.91 Å². The topological polar surface area (TPSA) is 74.8 Å². The minimum atomic E-state index is -0.0117. The van der Waals surface area contributed by atoms with Gasteiger partial charge in [-0.1, -0.05) is 25.5 Å². The van der Waals surface area contributed by atoms with Gasteiger partial charge >= 0.3 is 0 Å². The molecule has 156 valence electrons. The second kappa shape index (κ2) is 13.2. The number of unbranched alkanes of at least 4 members (excludes halogenated alkanes) is 1. The Balaban J connectivity index is 1.71. The Morgan fingerprint density at radius 3 is 2.50 bits per heavy atom. The average molecular weight is 389 g/mol. The molecular weight excluding hydrogens is 352 g/mol. The Labute approximate surface area is 169 Å². The smallest absolute Gasteiger partial charge is 0.251 e. The molecule has 2 rings (SSSR count). The Morgan fingerprint density at radius 2 is 1.82 bits per heavy atom. The van der Waals surface area contributed by atoms with Gasteiger partial charge in [-0.3, -0.25) is 4.79 Å². The van der Waals surface area contributed by atoms with E-state index in [0.29, 0.717) is 12.1 Å². The number of amides is 1. The van der Waals surface area contributed by atoms with Gasteiger partial charge in [0.1, 0.15) is 0 Å². The fourth-order valence-electron chi connectivity index (χ4n) is 2.67. The Bertz CT molecular complexity index is 597. The third kappa shape index (κ3) is 9.22. The molecule has 0 saturated heterocycles. The SMILES string of the molecule is CCCCNC(=O)c1ccc(CN=C(NCC)NCCCOCC2CC2)cc1. The molecule has 1 amide bonds. The van der Waals surface area contributed by atoms with Crippen molar-refractivity contribution in [1.29, 1.82) is 0 Å². The van der Waals surface area contributed by atoms with Crippen LogP contribution in [0.2, 0.25) is 0 Å². The number of guanidine groups is 1. The molecule has 1 fully saturated rings. The maximum Gasteiger partial charge on any atom is 0.251 e. The summed E-state index contributed by atoms with van der Waals surface area (Å²) in [5.41, 5.74) is 1.77. The minimum Gasteiger partial charge on any atom is -0.381 e. The quantitative estimate of drug-likeness (QED) is 0.276. The number of hydrogen-bond acceptors (Lipinski definition) is 3. The van der Waals surface area contributed by atoms with Gasteiger partial charge in [-0.15, -0.1) is 0 Å². The zero-order valence-corrected chi connectivity index (χ0v) is 17.4. The highest BCUT2D eigenvalue weighted by atomic mass is 16.5. The summed E-state index contributed by atoms with van der Waals surface area (Å²) in [5.74, 6) is 1.62. The van der Waals surface area contributed by atoms with Crippen LogP contribution >= 0.6 is 0 Å². The van der Waals surface area contributed by atoms with Gasteiger partial charge in [0.05, 0.1) is 6.54 Å². The zero-order chi connectivity index (χ0) is 20.0. The molecule has 3 N–H and O–H groups in total. The molecule has 28 heavy (non-hydrogen) atoms. The van der Waals surface area contributed by atoms with E-state index in [9.17, 15) is 4.79 Å². The van der Waals surface area contributed by atoms with Crippen molar-refractivity contribution in [2.45, 2.75) is 52.5 Å². The molecule has 6 heteroatoms. The van der Waals surface area contributed by atoms with Crippen LogP contribution in [0.25, 0.3) is 0 Å². The summed E-state index contributed by atoms with van der Waals surface area (Å²) in [5, 5.41) is 9.55. The van der Waals surface area contributed by atoms with Crippen LogP contribution < -0.4 is 16.0 Å². The third-order valence-corrected chi connectivity index (χ3v) is 4.60. The van der Waals surface area contributed by atoms with E-state index in [4.69, 9.17) is 4.74 Å². The van der Waals surface area contributed by atoms with Gasteiger partial charge in [-0.05, 0) is 56.2 Å². The van der Waals surface area contributed by atoms with Crippen molar-refractivity contribution in [2.24, 2.45) is 10.9 Å². The molecule has 0 spiro atoms. The number of carbonyl (C=O) groups excluding carboxylic acids is 1. The maximum absolute atomic E-state index is 12.0. The number of carbonyl (C=O) groups is 1. The van der Waals surface area contributed by atoms with Gasteiger partial charge in [0.25, 0.3) is 5.91 Å². The van der Waals surface area contributed by atoms with Crippen molar-refractivity contribution in [3.05, 3.63) is 35.4 Å². The molecular formula is C22H36N4O2. The lowest BCUT2D eigenvalue weighted by molar-refractivity contribution is 0.0953. The van der Waals surface area contributed by atoms with Crippen LogP contribution in [0.4, 0.5) is 0 Å². The van der Waals surface area contributed by atoms with Crippen LogP contribution in [0, 0.1) is 5.92 Å². The van der Waals surface area contributed by atoms with Crippen molar-refractivity contribution in [1.82, 2.24) is 16.0 Å². The summed E-state index contributed by atoms with van der Waals surface area (Å²) in [6, 6.07) is 7.66. The molecule has 0 heterocycles. The van der Waals surface area contributed by atoms with E-state index in [1.54, 1.807) is 0 Å². The summed E-state index contributed by atoms with van der Waals surface area (Å²) >= 11 is 0. The van der Waals surface area contributed by atoms with E-state index in [1.165, 1.54) is 12.8 Å². The summed E-state index contributed by atoms with van der Waals surface area (Å²) in [6.07, 6.45) is 5.72. The first-order chi connectivity index (χ1) is 13.7. The lowest BCUT2D eigenvalue weighted by atomic mass is 10.1. The van der Waals surface area contributed by atoms with E-state index in [2.05, 4.69) is 34.8 Å². The first kappa shape index (κ1) is 22.2. The van der Waals surface area contributed by atoms with Crippen molar-refractivity contribution in [2.75, 3.05) is 32.8 Å². The predicted octanol–water partition coefficient (Wildman–Crippen LogP) is 3.09. The molecule has 1 saturated carbocycles. The summed E-state index contributed by atoms with van der Waals surface area (Å²) in [4.78, 5) is 16.7. The standard InChI is InChI=1S/C22H36N4O2/c1-3-5-13-24-21(27)20-11-9-18(10-12-20)16-26-22(23-4-2)25-14-6-15-28-17-19-7-8-19/h9-12,19H,3-8,13-17H2,1-2H3,(H,24,27)(H2,23,25,26). The molecule has 0 atom stereocenters. The molecule has 1 aliphatic carbocycles. The van der Waals surface area contributed by atoms with Crippen LogP contribution in [0.15, 0.2) is 29.3 Å². The normalized spacial score (nSPS) is 14.0. The molecule has 0 aliphatic heterocycles. The molecule has 1 aliphatic rings. The van der Waals surface area contributed by atoms with E-state index >= 15 is 0 Å². The maximum atomic E-state index is 12.0. The van der Waals surface area contributed by atoms with E-state index < -0.39 is 0 Å².